The molecule has 0 aliphatic carbocycles. The number of unbranched alkanes of at least 4 members (excludes halogenated alkanes) is 1. The Bertz CT molecular complexity index is 1410. The highest BCUT2D eigenvalue weighted by Gasteiger charge is 2.37. The fourth-order valence-electron chi connectivity index (χ4n) is 8.44. The van der Waals surface area contributed by atoms with Gasteiger partial charge in [0.05, 0.1) is 42.7 Å². The molecule has 336 valence electrons. The number of hydrogen-bond acceptors (Lipinski definition) is 9. The molecule has 1 aliphatic heterocycles. The Kier molecular flexibility index (Phi) is 24.1. The van der Waals surface area contributed by atoms with Crippen molar-refractivity contribution in [1.82, 2.24) is 31.5 Å². The maximum atomic E-state index is 13.9. The summed E-state index contributed by atoms with van der Waals surface area (Å²) in [6.07, 6.45) is 3.16. The van der Waals surface area contributed by atoms with E-state index in [1.54, 1.807) is 21.1 Å². The molecular weight excluding hydrogens is 749 g/mol. The molecule has 0 spiro atoms. The first-order chi connectivity index (χ1) is 28.1. The molecule has 59 heavy (non-hydrogen) atoms. The standard InChI is InChI=1S/C46H80N6O7/c1-12-15-21-36(43(59-11)33(9)44(55)50-37(45(56)48-14-3)28-34-19-17-16-18-20-34)49-40(54)29-39(58-10)35(32(8)13-2)22-23-38(53)41(30(4)5)51-46(57)42(31(6)7)52-26-24-47-25-27-52/h16-20,30-33,35-37,39,41-43,47H,12-15,21-29H2,1-11H3,(H,48,56)(H,49,54)(H,50,55)(H,51,57)/t32-,33+,35-,36-,37-,39?,41-,42-,43+/m0/s1. The van der Waals surface area contributed by atoms with E-state index >= 15 is 0 Å². The van der Waals surface area contributed by atoms with Gasteiger partial charge in [-0.3, -0.25) is 28.9 Å². The largest absolute Gasteiger partial charge is 0.381 e. The first-order valence-electron chi connectivity index (χ1n) is 22.4. The van der Waals surface area contributed by atoms with Crippen molar-refractivity contribution in [2.75, 3.05) is 46.9 Å². The van der Waals surface area contributed by atoms with Gasteiger partial charge in [-0.25, -0.2) is 0 Å². The molecule has 13 heteroatoms. The van der Waals surface area contributed by atoms with Gasteiger partial charge >= 0.3 is 0 Å². The summed E-state index contributed by atoms with van der Waals surface area (Å²) >= 11 is 0. The fourth-order valence-corrected chi connectivity index (χ4v) is 8.44. The van der Waals surface area contributed by atoms with Crippen LogP contribution >= 0.6 is 0 Å². The van der Waals surface area contributed by atoms with Gasteiger partial charge in [0.15, 0.2) is 5.78 Å². The molecule has 13 nitrogen and oxygen atoms in total. The highest BCUT2D eigenvalue weighted by atomic mass is 16.5. The highest BCUT2D eigenvalue weighted by molar-refractivity contribution is 5.91. The minimum atomic E-state index is -0.776. The Morgan fingerprint density at radius 1 is 0.797 bits per heavy atom. The summed E-state index contributed by atoms with van der Waals surface area (Å²) in [7, 11) is 3.15. The molecule has 0 aromatic heterocycles. The summed E-state index contributed by atoms with van der Waals surface area (Å²) in [5, 5.41) is 15.5. The van der Waals surface area contributed by atoms with E-state index in [0.717, 1.165) is 51.0 Å². The summed E-state index contributed by atoms with van der Waals surface area (Å²) in [5.41, 5.74) is 0.925. The number of likely N-dealkylation sites (N-methyl/N-ethyl adjacent to an activating group) is 1. The smallest absolute Gasteiger partial charge is 0.242 e. The first kappa shape index (κ1) is 51.8. The zero-order valence-corrected chi connectivity index (χ0v) is 38.2. The average Bonchev–Trinajstić information content (AvgIpc) is 3.21. The summed E-state index contributed by atoms with van der Waals surface area (Å²) in [5.74, 6) is -1.57. The molecule has 1 heterocycles. The monoisotopic (exact) mass is 829 g/mol. The van der Waals surface area contributed by atoms with E-state index in [2.05, 4.69) is 52.3 Å². The molecule has 1 aromatic rings. The molecular formula is C46H80N6O7. The fraction of sp³-hybridized carbons (Fsp3) is 0.761. The van der Waals surface area contributed by atoms with Crippen LogP contribution in [0.2, 0.25) is 0 Å². The van der Waals surface area contributed by atoms with E-state index in [1.807, 2.05) is 65.0 Å². The van der Waals surface area contributed by atoms with E-state index in [-0.39, 0.29) is 72.0 Å². The normalized spacial score (nSPS) is 18.1. The number of nitrogens with zero attached hydrogens (tertiary/aromatic N) is 1. The quantitative estimate of drug-likeness (QED) is 0.0808. The summed E-state index contributed by atoms with van der Waals surface area (Å²) < 4.78 is 12.0. The molecule has 1 fully saturated rings. The lowest BCUT2D eigenvalue weighted by Crippen LogP contribution is -2.58. The number of piperazine rings is 1. The third-order valence-electron chi connectivity index (χ3n) is 12.1. The number of nitrogens with one attached hydrogen (secondary N) is 5. The van der Waals surface area contributed by atoms with Crippen molar-refractivity contribution in [2.45, 2.75) is 150 Å². The molecule has 4 amide bonds. The molecule has 0 saturated carbocycles. The van der Waals surface area contributed by atoms with E-state index in [4.69, 9.17) is 9.47 Å². The second-order valence-corrected chi connectivity index (χ2v) is 17.2. The lowest BCUT2D eigenvalue weighted by molar-refractivity contribution is -0.136. The molecule has 1 aliphatic rings. The molecule has 1 saturated heterocycles. The van der Waals surface area contributed by atoms with Crippen LogP contribution in [-0.4, -0.2) is 118 Å². The van der Waals surface area contributed by atoms with Gasteiger partial charge in [-0.1, -0.05) is 105 Å². The Hall–Kier alpha value is -3.39. The number of ether oxygens (including phenoxy) is 2. The number of carbonyl (C=O) groups is 5. The summed E-state index contributed by atoms with van der Waals surface area (Å²) in [6, 6.07) is 7.37. The summed E-state index contributed by atoms with van der Waals surface area (Å²) in [4.78, 5) is 70.6. The summed E-state index contributed by atoms with van der Waals surface area (Å²) in [6.45, 7) is 21.6. The number of Topliss-reactive ketones (excluding diaryl/α,β-unsaturated/α-hetero) is 1. The van der Waals surface area contributed by atoms with Crippen LogP contribution in [-0.2, 0) is 39.9 Å². The Morgan fingerprint density at radius 3 is 2.00 bits per heavy atom. The van der Waals surface area contributed by atoms with Gasteiger partial charge in [0.25, 0.3) is 0 Å². The number of rotatable bonds is 28. The van der Waals surface area contributed by atoms with Gasteiger partial charge in [0.1, 0.15) is 6.04 Å². The molecule has 9 atom stereocenters. The third-order valence-corrected chi connectivity index (χ3v) is 12.1. The number of amides is 4. The van der Waals surface area contributed by atoms with E-state index < -0.39 is 36.3 Å². The zero-order valence-electron chi connectivity index (χ0n) is 38.2. The maximum Gasteiger partial charge on any atom is 0.242 e. The van der Waals surface area contributed by atoms with Crippen molar-refractivity contribution in [3.05, 3.63) is 35.9 Å². The lowest BCUT2D eigenvalue weighted by Gasteiger charge is -2.37. The minimum absolute atomic E-state index is 0.0169. The van der Waals surface area contributed by atoms with Crippen LogP contribution < -0.4 is 26.6 Å². The van der Waals surface area contributed by atoms with Crippen molar-refractivity contribution in [2.24, 2.45) is 29.6 Å². The highest BCUT2D eigenvalue weighted by Crippen LogP contribution is 2.29. The van der Waals surface area contributed by atoms with Gasteiger partial charge in [0.2, 0.25) is 23.6 Å². The van der Waals surface area contributed by atoms with Crippen LogP contribution in [0.4, 0.5) is 0 Å². The van der Waals surface area contributed by atoms with Crippen LogP contribution in [0.5, 0.6) is 0 Å². The second kappa shape index (κ2) is 27.5. The number of benzene rings is 1. The Labute approximate surface area is 356 Å². The topological polar surface area (TPSA) is 167 Å². The maximum absolute atomic E-state index is 13.9. The van der Waals surface area contributed by atoms with Crippen molar-refractivity contribution in [3.8, 4) is 0 Å². The molecule has 0 bridgehead atoms. The van der Waals surface area contributed by atoms with Crippen LogP contribution in [0.3, 0.4) is 0 Å². The minimum Gasteiger partial charge on any atom is -0.381 e. The van der Waals surface area contributed by atoms with E-state index in [9.17, 15) is 24.0 Å². The molecule has 0 radical (unpaired) electrons. The van der Waals surface area contributed by atoms with Gasteiger partial charge in [0, 0.05) is 59.8 Å². The third kappa shape index (κ3) is 16.9. The molecule has 1 aromatic carbocycles. The van der Waals surface area contributed by atoms with E-state index in [0.29, 0.717) is 25.8 Å². The second-order valence-electron chi connectivity index (χ2n) is 17.2. The first-order valence-corrected chi connectivity index (χ1v) is 22.4. The molecule has 1 unspecified atom stereocenters. The number of methoxy groups -OCH3 is 2. The average molecular weight is 829 g/mol. The lowest BCUT2D eigenvalue weighted by atomic mass is 9.80. The Balaban J connectivity index is 2.19. The van der Waals surface area contributed by atoms with Crippen LogP contribution in [0, 0.1) is 29.6 Å². The van der Waals surface area contributed by atoms with Gasteiger partial charge in [-0.05, 0) is 49.0 Å². The predicted octanol–water partition coefficient (Wildman–Crippen LogP) is 4.66. The van der Waals surface area contributed by atoms with Gasteiger partial charge in [-0.2, -0.15) is 0 Å². The molecule has 2 rings (SSSR count). The number of hydrogen-bond donors (Lipinski definition) is 5. The van der Waals surface area contributed by atoms with Crippen molar-refractivity contribution in [3.63, 3.8) is 0 Å². The van der Waals surface area contributed by atoms with Crippen molar-refractivity contribution >= 4 is 29.4 Å². The van der Waals surface area contributed by atoms with Gasteiger partial charge < -0.3 is 36.1 Å². The van der Waals surface area contributed by atoms with Crippen molar-refractivity contribution < 1.29 is 33.4 Å². The zero-order chi connectivity index (χ0) is 44.1. The predicted molar refractivity (Wildman–Crippen MR) is 235 cm³/mol. The van der Waals surface area contributed by atoms with E-state index in [1.165, 1.54) is 0 Å². The molecule has 5 N–H and O–H groups in total. The van der Waals surface area contributed by atoms with Crippen LogP contribution in [0.1, 0.15) is 113 Å². The van der Waals surface area contributed by atoms with Crippen LogP contribution in [0.15, 0.2) is 30.3 Å². The van der Waals surface area contributed by atoms with Crippen molar-refractivity contribution in [1.29, 1.82) is 0 Å². The number of ketones is 1. The Morgan fingerprint density at radius 2 is 1.46 bits per heavy atom. The van der Waals surface area contributed by atoms with Gasteiger partial charge in [-0.15, -0.1) is 0 Å². The number of carbonyl (C=O) groups excluding carboxylic acids is 5. The van der Waals surface area contributed by atoms with Crippen LogP contribution in [0.25, 0.3) is 0 Å². The SMILES string of the molecule is CCCC[C@H](NC(=O)CC(OC)[C@@H](CCC(=O)[C@@H](NC(=O)[C@H](C(C)C)N1CCNCC1)C(C)C)[C@@H](C)CC)[C@H](OC)[C@@H](C)C(=O)N[C@@H](Cc1ccccc1)C(=O)NCC.